The zero-order valence-corrected chi connectivity index (χ0v) is 15.1. The van der Waals surface area contributed by atoms with Gasteiger partial charge in [-0.05, 0) is 30.0 Å². The lowest BCUT2D eigenvalue weighted by Crippen LogP contribution is -2.58. The molecule has 1 amide bonds. The Morgan fingerprint density at radius 2 is 1.60 bits per heavy atom. The molecule has 2 heterocycles. The molecule has 2 aliphatic rings. The smallest absolute Gasteiger partial charge is 0.410 e. The number of cyclic esters (lactones) is 1. The highest BCUT2D eigenvalue weighted by molar-refractivity contribution is 6.80. The van der Waals surface area contributed by atoms with Crippen LogP contribution in [0.15, 0.2) is 0 Å². The standard InChI is InChI=1S/C15H29NO3Si/c1-10(2)20(11(3)4)13(5,6)9-15(19-20)14(7,8)18-12(17)16-15/h10-11H,9H2,1-8H3,(H,16,17)/t15-/m1/s1. The molecule has 2 rings (SSSR count). The average Bonchev–Trinajstić information content (AvgIpc) is 2.57. The first kappa shape index (κ1) is 15.8. The van der Waals surface area contributed by atoms with Crippen LogP contribution in [0.2, 0.25) is 16.1 Å². The number of hydrogen-bond donors (Lipinski definition) is 1. The zero-order chi connectivity index (χ0) is 15.6. The molecule has 2 fully saturated rings. The molecule has 2 saturated heterocycles. The maximum absolute atomic E-state index is 11.8. The van der Waals surface area contributed by atoms with Crippen LogP contribution in [0.5, 0.6) is 0 Å². The second-order valence-corrected chi connectivity index (χ2v) is 13.6. The normalized spacial score (nSPS) is 33.8. The molecule has 1 atom stereocenters. The first-order valence-corrected chi connectivity index (χ1v) is 9.68. The first-order valence-electron chi connectivity index (χ1n) is 7.61. The molecule has 0 unspecified atom stereocenters. The monoisotopic (exact) mass is 299 g/mol. The second-order valence-electron chi connectivity index (χ2n) is 8.12. The van der Waals surface area contributed by atoms with Crippen LogP contribution in [0.25, 0.3) is 0 Å². The number of carbonyl (C=O) groups is 1. The molecule has 0 aromatic rings. The molecule has 0 radical (unpaired) electrons. The third kappa shape index (κ3) is 1.78. The predicted octanol–water partition coefficient (Wildman–Crippen LogP) is 4.17. The quantitative estimate of drug-likeness (QED) is 0.779. The van der Waals surface area contributed by atoms with E-state index in [1.54, 1.807) is 0 Å². The van der Waals surface area contributed by atoms with Gasteiger partial charge in [-0.25, -0.2) is 4.79 Å². The molecule has 116 valence electrons. The van der Waals surface area contributed by atoms with Crippen LogP contribution in [-0.4, -0.2) is 25.7 Å². The lowest BCUT2D eigenvalue weighted by atomic mass is 9.87. The van der Waals surface area contributed by atoms with Crippen LogP contribution in [-0.2, 0) is 9.16 Å². The molecule has 1 spiro atoms. The largest absolute Gasteiger partial charge is 0.438 e. The molecule has 5 heteroatoms. The molecule has 0 aromatic carbocycles. The van der Waals surface area contributed by atoms with Crippen molar-refractivity contribution in [1.82, 2.24) is 5.32 Å². The van der Waals surface area contributed by atoms with Crippen molar-refractivity contribution in [2.24, 2.45) is 0 Å². The zero-order valence-electron chi connectivity index (χ0n) is 14.1. The average molecular weight is 299 g/mol. The lowest BCUT2D eigenvalue weighted by molar-refractivity contribution is -0.0730. The Morgan fingerprint density at radius 3 is 1.90 bits per heavy atom. The highest BCUT2D eigenvalue weighted by Gasteiger charge is 2.72. The molecular weight excluding hydrogens is 270 g/mol. The minimum absolute atomic E-state index is 0.0909. The van der Waals surface area contributed by atoms with Crippen molar-refractivity contribution in [2.75, 3.05) is 0 Å². The second kappa shape index (κ2) is 4.23. The van der Waals surface area contributed by atoms with Gasteiger partial charge in [0.05, 0.1) is 0 Å². The Morgan fingerprint density at radius 1 is 1.10 bits per heavy atom. The maximum atomic E-state index is 11.8. The SMILES string of the molecule is CC(C)[Si]1(C(C)C)O[C@@]2(CC1(C)C)NC(=O)OC2(C)C. The van der Waals surface area contributed by atoms with Crippen LogP contribution >= 0.6 is 0 Å². The van der Waals surface area contributed by atoms with E-state index in [0.29, 0.717) is 11.1 Å². The van der Waals surface area contributed by atoms with E-state index in [4.69, 9.17) is 9.16 Å². The van der Waals surface area contributed by atoms with Gasteiger partial charge in [-0.1, -0.05) is 41.5 Å². The third-order valence-corrected chi connectivity index (χ3v) is 11.8. The van der Waals surface area contributed by atoms with Crippen molar-refractivity contribution in [1.29, 1.82) is 0 Å². The van der Waals surface area contributed by atoms with Crippen LogP contribution in [0.1, 0.15) is 61.8 Å². The molecule has 4 nitrogen and oxygen atoms in total. The Kier molecular flexibility index (Phi) is 3.35. The van der Waals surface area contributed by atoms with Crippen molar-refractivity contribution < 1.29 is 14.0 Å². The number of hydrogen-bond acceptors (Lipinski definition) is 3. The molecule has 0 bridgehead atoms. The van der Waals surface area contributed by atoms with E-state index >= 15 is 0 Å². The van der Waals surface area contributed by atoms with Gasteiger partial charge in [-0.15, -0.1) is 0 Å². The van der Waals surface area contributed by atoms with Crippen molar-refractivity contribution >= 4 is 14.4 Å². The maximum Gasteiger partial charge on any atom is 0.410 e. The summed E-state index contributed by atoms with van der Waals surface area (Å²) in [7, 11) is -2.07. The molecule has 0 aliphatic carbocycles. The van der Waals surface area contributed by atoms with Crippen molar-refractivity contribution in [3.63, 3.8) is 0 Å². The number of rotatable bonds is 2. The van der Waals surface area contributed by atoms with E-state index in [2.05, 4.69) is 46.9 Å². The van der Waals surface area contributed by atoms with E-state index in [9.17, 15) is 4.79 Å². The molecule has 0 saturated carbocycles. The Labute approximate surface area is 123 Å². The summed E-state index contributed by atoms with van der Waals surface area (Å²) in [6, 6.07) is 0. The van der Waals surface area contributed by atoms with Gasteiger partial charge in [0.2, 0.25) is 8.32 Å². The molecule has 0 aromatic heterocycles. The van der Waals surface area contributed by atoms with E-state index in [-0.39, 0.29) is 11.1 Å². The van der Waals surface area contributed by atoms with Crippen molar-refractivity contribution in [2.45, 2.75) is 89.3 Å². The van der Waals surface area contributed by atoms with Crippen molar-refractivity contribution in [3.05, 3.63) is 0 Å². The summed E-state index contributed by atoms with van der Waals surface area (Å²) in [4.78, 5) is 11.8. The van der Waals surface area contributed by atoms with Crippen LogP contribution in [0.3, 0.4) is 0 Å². The molecular formula is C15H29NO3Si. The van der Waals surface area contributed by atoms with Crippen LogP contribution < -0.4 is 5.32 Å². The van der Waals surface area contributed by atoms with E-state index in [1.165, 1.54) is 0 Å². The fourth-order valence-electron chi connectivity index (χ4n) is 4.75. The van der Waals surface area contributed by atoms with Gasteiger partial charge in [0.25, 0.3) is 0 Å². The Hall–Kier alpha value is -0.553. The van der Waals surface area contributed by atoms with Gasteiger partial charge in [0.15, 0.2) is 11.3 Å². The number of carbonyl (C=O) groups excluding carboxylic acids is 1. The Bertz CT molecular complexity index is 423. The number of amides is 1. The van der Waals surface area contributed by atoms with Gasteiger partial charge in [0.1, 0.15) is 0 Å². The van der Waals surface area contributed by atoms with Crippen molar-refractivity contribution in [3.8, 4) is 0 Å². The summed E-state index contributed by atoms with van der Waals surface area (Å²) >= 11 is 0. The van der Waals surface area contributed by atoms with Crippen LogP contribution in [0.4, 0.5) is 4.79 Å². The minimum Gasteiger partial charge on any atom is -0.438 e. The fraction of sp³-hybridized carbons (Fsp3) is 0.933. The highest BCUT2D eigenvalue weighted by Crippen LogP contribution is 2.64. The summed E-state index contributed by atoms with van der Waals surface area (Å²) < 4.78 is 12.3. The van der Waals surface area contributed by atoms with E-state index in [0.717, 1.165) is 6.42 Å². The number of alkyl carbamates (subject to hydrolysis) is 1. The first-order chi connectivity index (χ1) is 8.90. The van der Waals surface area contributed by atoms with Gasteiger partial charge in [-0.3, -0.25) is 5.32 Å². The van der Waals surface area contributed by atoms with Gasteiger partial charge in [0, 0.05) is 6.42 Å². The Balaban J connectivity index is 2.53. The van der Waals surface area contributed by atoms with E-state index < -0.39 is 19.6 Å². The van der Waals surface area contributed by atoms with Gasteiger partial charge in [-0.2, -0.15) is 0 Å². The summed E-state index contributed by atoms with van der Waals surface area (Å²) in [5.74, 6) is 0. The predicted molar refractivity (Wildman–Crippen MR) is 82.1 cm³/mol. The number of nitrogens with one attached hydrogen (secondary N) is 1. The lowest BCUT2D eigenvalue weighted by Gasteiger charge is -2.45. The summed E-state index contributed by atoms with van der Waals surface area (Å²) in [6.45, 7) is 17.5. The molecule has 1 N–H and O–H groups in total. The van der Waals surface area contributed by atoms with Gasteiger partial charge < -0.3 is 9.16 Å². The summed E-state index contributed by atoms with van der Waals surface area (Å²) in [5, 5.41) is 3.08. The molecule has 2 aliphatic heterocycles. The highest BCUT2D eigenvalue weighted by atomic mass is 28.4. The minimum atomic E-state index is -2.07. The summed E-state index contributed by atoms with van der Waals surface area (Å²) in [5.41, 5.74) is -0.316. The van der Waals surface area contributed by atoms with Gasteiger partial charge >= 0.3 is 6.09 Å². The third-order valence-electron chi connectivity index (χ3n) is 5.43. The topological polar surface area (TPSA) is 47.6 Å². The fourth-order valence-corrected chi connectivity index (χ4v) is 11.4. The van der Waals surface area contributed by atoms with E-state index in [1.807, 2.05) is 13.8 Å². The van der Waals surface area contributed by atoms with Crippen LogP contribution in [0, 0.1) is 0 Å². The summed E-state index contributed by atoms with van der Waals surface area (Å²) in [6.07, 6.45) is 0.463. The number of ether oxygens (including phenoxy) is 1. The molecule has 20 heavy (non-hydrogen) atoms.